The van der Waals surface area contributed by atoms with Gasteiger partial charge in [-0.15, -0.1) is 5.10 Å². The largest absolute Gasteiger partial charge is 0.463 e. The summed E-state index contributed by atoms with van der Waals surface area (Å²) in [6, 6.07) is 6.16. The van der Waals surface area contributed by atoms with Crippen LogP contribution in [0.5, 0.6) is 6.01 Å². The molecule has 0 atom stereocenters. The molecule has 0 aliphatic rings. The van der Waals surface area contributed by atoms with E-state index in [9.17, 15) is 0 Å². The summed E-state index contributed by atoms with van der Waals surface area (Å²) in [6.45, 7) is 4.38. The first-order chi connectivity index (χ1) is 8.11. The molecule has 0 unspecified atom stereocenters. The number of benzene rings is 1. The first-order valence-electron chi connectivity index (χ1n) is 5.23. The van der Waals surface area contributed by atoms with Gasteiger partial charge in [0.25, 0.3) is 0 Å². The fourth-order valence-electron chi connectivity index (χ4n) is 1.53. The lowest BCUT2D eigenvalue weighted by atomic mass is 10.2. The Morgan fingerprint density at radius 2 is 2.24 bits per heavy atom. The predicted octanol–water partition coefficient (Wildman–Crippen LogP) is 2.32. The minimum Gasteiger partial charge on any atom is -0.463 e. The molecule has 0 fully saturated rings. The van der Waals surface area contributed by atoms with E-state index < -0.39 is 0 Å². The van der Waals surface area contributed by atoms with Crippen LogP contribution in [0.1, 0.15) is 12.5 Å². The highest BCUT2D eigenvalue weighted by Gasteiger charge is 2.11. The minimum atomic E-state index is 0.298. The van der Waals surface area contributed by atoms with Crippen molar-refractivity contribution in [3.63, 3.8) is 0 Å². The van der Waals surface area contributed by atoms with E-state index in [2.05, 4.69) is 26.0 Å². The highest BCUT2D eigenvalue weighted by Crippen LogP contribution is 2.21. The van der Waals surface area contributed by atoms with Gasteiger partial charge >= 0.3 is 6.01 Å². The van der Waals surface area contributed by atoms with E-state index >= 15 is 0 Å². The second-order valence-corrected chi connectivity index (χ2v) is 4.44. The number of anilines is 1. The number of nitrogens with two attached hydrogens (primary N) is 1. The Hall–Kier alpha value is -1.56. The molecule has 5 nitrogen and oxygen atoms in total. The average molecular weight is 297 g/mol. The van der Waals surface area contributed by atoms with Crippen LogP contribution in [0.15, 0.2) is 22.7 Å². The molecule has 90 valence electrons. The van der Waals surface area contributed by atoms with E-state index in [1.165, 1.54) is 0 Å². The lowest BCUT2D eigenvalue weighted by Gasteiger charge is -2.06. The Bertz CT molecular complexity index is 538. The van der Waals surface area contributed by atoms with Crippen LogP contribution in [0.25, 0.3) is 5.69 Å². The van der Waals surface area contributed by atoms with Crippen LogP contribution in [-0.2, 0) is 0 Å². The van der Waals surface area contributed by atoms with Crippen molar-refractivity contribution in [2.75, 3.05) is 12.3 Å². The summed E-state index contributed by atoms with van der Waals surface area (Å²) in [4.78, 5) is 4.04. The molecule has 0 saturated carbocycles. The van der Waals surface area contributed by atoms with Crippen LogP contribution < -0.4 is 10.5 Å². The highest BCUT2D eigenvalue weighted by atomic mass is 79.9. The Morgan fingerprint density at radius 3 is 2.88 bits per heavy atom. The van der Waals surface area contributed by atoms with Crippen molar-refractivity contribution in [1.29, 1.82) is 0 Å². The molecule has 1 heterocycles. The van der Waals surface area contributed by atoms with Crippen LogP contribution in [0.3, 0.4) is 0 Å². The molecule has 6 heteroatoms. The second-order valence-electron chi connectivity index (χ2n) is 3.53. The molecule has 2 aromatic rings. The van der Waals surface area contributed by atoms with Crippen molar-refractivity contribution in [2.24, 2.45) is 0 Å². The molecule has 0 aliphatic heterocycles. The van der Waals surface area contributed by atoms with E-state index in [0.717, 1.165) is 15.7 Å². The number of nitrogens with zero attached hydrogens (tertiary/aromatic N) is 3. The monoisotopic (exact) mass is 296 g/mol. The summed E-state index contributed by atoms with van der Waals surface area (Å²) in [5.41, 5.74) is 7.76. The molecule has 0 spiro atoms. The third-order valence-corrected chi connectivity index (χ3v) is 2.77. The van der Waals surface area contributed by atoms with E-state index in [1.807, 2.05) is 32.0 Å². The zero-order chi connectivity index (χ0) is 12.4. The Kier molecular flexibility index (Phi) is 3.33. The van der Waals surface area contributed by atoms with Gasteiger partial charge in [-0.25, -0.2) is 0 Å². The third kappa shape index (κ3) is 2.41. The molecule has 2 N–H and O–H groups in total. The van der Waals surface area contributed by atoms with Gasteiger partial charge in [-0.2, -0.15) is 9.67 Å². The molecule has 0 saturated heterocycles. The lowest BCUT2D eigenvalue weighted by Crippen LogP contribution is -2.04. The fraction of sp³-hybridized carbons (Fsp3) is 0.273. The minimum absolute atomic E-state index is 0.298. The van der Waals surface area contributed by atoms with Gasteiger partial charge in [0.2, 0.25) is 5.95 Å². The van der Waals surface area contributed by atoms with Gasteiger partial charge in [-0.3, -0.25) is 0 Å². The molecule has 17 heavy (non-hydrogen) atoms. The number of nitrogen functional groups attached to an aromatic ring is 1. The molecular formula is C11H13BrN4O. The van der Waals surface area contributed by atoms with E-state index in [0.29, 0.717) is 18.6 Å². The molecule has 0 radical (unpaired) electrons. The van der Waals surface area contributed by atoms with Crippen molar-refractivity contribution in [1.82, 2.24) is 14.8 Å². The summed E-state index contributed by atoms with van der Waals surface area (Å²) >= 11 is 3.42. The Labute approximate surface area is 108 Å². The average Bonchev–Trinajstić information content (AvgIpc) is 2.60. The molecule has 0 aliphatic carbocycles. The highest BCUT2D eigenvalue weighted by molar-refractivity contribution is 9.10. The van der Waals surface area contributed by atoms with Crippen LogP contribution in [-0.4, -0.2) is 21.4 Å². The summed E-state index contributed by atoms with van der Waals surface area (Å²) in [7, 11) is 0. The standard InChI is InChI=1S/C11H13BrN4O/c1-3-17-11-14-10(13)16(15-11)9-5-4-8(12)6-7(9)2/h4-6H,3H2,1-2H3,(H2,13,14,15). The smallest absolute Gasteiger partial charge is 0.337 e. The predicted molar refractivity (Wildman–Crippen MR) is 69.4 cm³/mol. The normalized spacial score (nSPS) is 10.5. The summed E-state index contributed by atoms with van der Waals surface area (Å²) in [5, 5.41) is 4.20. The van der Waals surface area contributed by atoms with Gasteiger partial charge in [0.1, 0.15) is 0 Å². The fourth-order valence-corrected chi connectivity index (χ4v) is 2.00. The van der Waals surface area contributed by atoms with Crippen LogP contribution in [0, 0.1) is 6.92 Å². The first-order valence-corrected chi connectivity index (χ1v) is 6.03. The summed E-state index contributed by atoms with van der Waals surface area (Å²) in [5.74, 6) is 0.318. The maximum Gasteiger partial charge on any atom is 0.337 e. The van der Waals surface area contributed by atoms with Crippen molar-refractivity contribution in [3.8, 4) is 11.7 Å². The number of aromatic nitrogens is 3. The van der Waals surface area contributed by atoms with Crippen LogP contribution >= 0.6 is 15.9 Å². The first kappa shape index (κ1) is 11.9. The van der Waals surface area contributed by atoms with E-state index in [1.54, 1.807) is 4.68 Å². The molecule has 0 amide bonds. The third-order valence-electron chi connectivity index (χ3n) is 2.27. The summed E-state index contributed by atoms with van der Waals surface area (Å²) < 4.78 is 7.81. The maximum atomic E-state index is 5.81. The molecular weight excluding hydrogens is 284 g/mol. The quantitative estimate of drug-likeness (QED) is 0.944. The van der Waals surface area contributed by atoms with Crippen molar-refractivity contribution in [2.45, 2.75) is 13.8 Å². The molecule has 0 bridgehead atoms. The number of hydrogen-bond donors (Lipinski definition) is 1. The van der Waals surface area contributed by atoms with Gasteiger partial charge in [0.05, 0.1) is 12.3 Å². The van der Waals surface area contributed by atoms with Crippen molar-refractivity contribution < 1.29 is 4.74 Å². The van der Waals surface area contributed by atoms with Gasteiger partial charge in [-0.1, -0.05) is 15.9 Å². The SMILES string of the molecule is CCOc1nc(N)n(-c2ccc(Br)cc2C)n1. The number of ether oxygens (including phenoxy) is 1. The number of halogens is 1. The number of rotatable bonds is 3. The zero-order valence-corrected chi connectivity index (χ0v) is 11.2. The molecule has 1 aromatic carbocycles. The van der Waals surface area contributed by atoms with Gasteiger partial charge in [0.15, 0.2) is 0 Å². The zero-order valence-electron chi connectivity index (χ0n) is 9.64. The Morgan fingerprint density at radius 1 is 1.47 bits per heavy atom. The van der Waals surface area contributed by atoms with Gasteiger partial charge < -0.3 is 10.5 Å². The maximum absolute atomic E-state index is 5.81. The number of hydrogen-bond acceptors (Lipinski definition) is 4. The second kappa shape index (κ2) is 4.75. The van der Waals surface area contributed by atoms with Crippen molar-refractivity contribution in [3.05, 3.63) is 28.2 Å². The number of aryl methyl sites for hydroxylation is 1. The van der Waals surface area contributed by atoms with E-state index in [-0.39, 0.29) is 0 Å². The van der Waals surface area contributed by atoms with Gasteiger partial charge in [0, 0.05) is 4.47 Å². The topological polar surface area (TPSA) is 66.0 Å². The molecule has 1 aromatic heterocycles. The van der Waals surface area contributed by atoms with Crippen LogP contribution in [0.4, 0.5) is 5.95 Å². The van der Waals surface area contributed by atoms with E-state index in [4.69, 9.17) is 10.5 Å². The van der Waals surface area contributed by atoms with Crippen molar-refractivity contribution >= 4 is 21.9 Å². The lowest BCUT2D eigenvalue weighted by molar-refractivity contribution is 0.312. The summed E-state index contributed by atoms with van der Waals surface area (Å²) in [6.07, 6.45) is 0. The Balaban J connectivity index is 2.45. The van der Waals surface area contributed by atoms with Gasteiger partial charge in [-0.05, 0) is 37.6 Å². The molecule has 2 rings (SSSR count). The van der Waals surface area contributed by atoms with Crippen LogP contribution in [0.2, 0.25) is 0 Å².